The van der Waals surface area contributed by atoms with Crippen LogP contribution in [0.1, 0.15) is 10.8 Å². The van der Waals surface area contributed by atoms with Crippen molar-refractivity contribution in [3.05, 3.63) is 48.2 Å². The Bertz CT molecular complexity index is 529. The van der Waals surface area contributed by atoms with Crippen LogP contribution in [0.5, 0.6) is 11.6 Å². The summed E-state index contributed by atoms with van der Waals surface area (Å²) in [5, 5.41) is 11.6. The first-order chi connectivity index (χ1) is 9.42. The molecule has 1 N–H and O–H groups in total. The Morgan fingerprint density at radius 1 is 1.26 bits per heavy atom. The van der Waals surface area contributed by atoms with Gasteiger partial charge < -0.3 is 10.1 Å². The standard InChI is InChI=1S/C14H15N3OS/c1-3-11(13-10-15-7-8-19-13)9-12(4-1)18-14-5-2-6-16-17-14/h1-6,9,13,15H,7-8,10H2. The predicted molar refractivity (Wildman–Crippen MR) is 76.6 cm³/mol. The van der Waals surface area contributed by atoms with Crippen LogP contribution in [-0.2, 0) is 0 Å². The van der Waals surface area contributed by atoms with Crippen molar-refractivity contribution in [1.29, 1.82) is 0 Å². The quantitative estimate of drug-likeness (QED) is 0.931. The fourth-order valence-corrected chi connectivity index (χ4v) is 3.14. The minimum absolute atomic E-state index is 0.499. The minimum atomic E-state index is 0.499. The van der Waals surface area contributed by atoms with Crippen molar-refractivity contribution in [2.75, 3.05) is 18.8 Å². The van der Waals surface area contributed by atoms with E-state index in [1.165, 1.54) is 5.56 Å². The van der Waals surface area contributed by atoms with Gasteiger partial charge in [-0.15, -0.1) is 5.10 Å². The van der Waals surface area contributed by atoms with Crippen LogP contribution < -0.4 is 10.1 Å². The Morgan fingerprint density at radius 2 is 2.26 bits per heavy atom. The van der Waals surface area contributed by atoms with Crippen LogP contribution in [0.3, 0.4) is 0 Å². The molecule has 19 heavy (non-hydrogen) atoms. The second kappa shape index (κ2) is 6.04. The van der Waals surface area contributed by atoms with Crippen molar-refractivity contribution >= 4 is 11.8 Å². The van der Waals surface area contributed by atoms with Crippen LogP contribution in [0.2, 0.25) is 0 Å². The largest absolute Gasteiger partial charge is 0.438 e. The molecule has 1 aliphatic heterocycles. The van der Waals surface area contributed by atoms with Gasteiger partial charge in [0.25, 0.3) is 0 Å². The number of ether oxygens (including phenoxy) is 1. The SMILES string of the molecule is c1cc(Oc2cccnn2)cc(C2CNCCS2)c1. The number of benzene rings is 1. The van der Waals surface area contributed by atoms with Crippen molar-refractivity contribution < 1.29 is 4.74 Å². The lowest BCUT2D eigenvalue weighted by Crippen LogP contribution is -2.28. The zero-order chi connectivity index (χ0) is 12.9. The summed E-state index contributed by atoms with van der Waals surface area (Å²) in [5.74, 6) is 2.48. The van der Waals surface area contributed by atoms with Crippen molar-refractivity contribution in [1.82, 2.24) is 15.5 Å². The van der Waals surface area contributed by atoms with Gasteiger partial charge in [0.05, 0.1) is 0 Å². The van der Waals surface area contributed by atoms with E-state index >= 15 is 0 Å². The molecule has 2 heterocycles. The summed E-state index contributed by atoms with van der Waals surface area (Å²) in [6, 6.07) is 11.8. The topological polar surface area (TPSA) is 47.0 Å². The van der Waals surface area contributed by atoms with Crippen molar-refractivity contribution in [3.8, 4) is 11.6 Å². The lowest BCUT2D eigenvalue weighted by atomic mass is 10.1. The molecule has 1 saturated heterocycles. The molecule has 0 spiro atoms. The number of rotatable bonds is 3. The first kappa shape index (κ1) is 12.4. The number of aromatic nitrogens is 2. The lowest BCUT2D eigenvalue weighted by Gasteiger charge is -2.23. The second-order valence-corrected chi connectivity index (χ2v) is 5.61. The molecular formula is C14H15N3OS. The molecule has 0 bridgehead atoms. The lowest BCUT2D eigenvalue weighted by molar-refractivity contribution is 0.454. The van der Waals surface area contributed by atoms with Crippen molar-refractivity contribution in [2.24, 2.45) is 0 Å². The molecule has 2 aromatic rings. The Labute approximate surface area is 116 Å². The molecule has 0 radical (unpaired) electrons. The highest BCUT2D eigenvalue weighted by atomic mass is 32.2. The van der Waals surface area contributed by atoms with Crippen LogP contribution in [0.4, 0.5) is 0 Å². The third-order valence-electron chi connectivity index (χ3n) is 2.93. The van der Waals surface area contributed by atoms with E-state index in [2.05, 4.69) is 27.6 Å². The summed E-state index contributed by atoms with van der Waals surface area (Å²) in [5.41, 5.74) is 1.29. The van der Waals surface area contributed by atoms with Crippen LogP contribution >= 0.6 is 11.8 Å². The van der Waals surface area contributed by atoms with E-state index in [4.69, 9.17) is 4.74 Å². The van der Waals surface area contributed by atoms with Crippen LogP contribution in [0.25, 0.3) is 0 Å². The maximum Gasteiger partial charge on any atom is 0.238 e. The third-order valence-corrected chi connectivity index (χ3v) is 4.21. The summed E-state index contributed by atoms with van der Waals surface area (Å²) in [7, 11) is 0. The normalized spacial score (nSPS) is 19.1. The average Bonchev–Trinajstić information content (AvgIpc) is 2.49. The Morgan fingerprint density at radius 3 is 3.05 bits per heavy atom. The van der Waals surface area contributed by atoms with Gasteiger partial charge in [-0.1, -0.05) is 12.1 Å². The van der Waals surface area contributed by atoms with Gasteiger partial charge in [0.15, 0.2) is 0 Å². The molecule has 1 unspecified atom stereocenters. The summed E-state index contributed by atoms with van der Waals surface area (Å²) in [4.78, 5) is 0. The molecule has 3 rings (SSSR count). The second-order valence-electron chi connectivity index (χ2n) is 4.30. The number of hydrogen-bond acceptors (Lipinski definition) is 5. The summed E-state index contributed by atoms with van der Waals surface area (Å²) < 4.78 is 5.71. The molecule has 0 amide bonds. The monoisotopic (exact) mass is 273 g/mol. The van der Waals surface area contributed by atoms with Gasteiger partial charge in [0, 0.05) is 36.4 Å². The Kier molecular flexibility index (Phi) is 3.95. The zero-order valence-corrected chi connectivity index (χ0v) is 11.3. The molecule has 0 saturated carbocycles. The zero-order valence-electron chi connectivity index (χ0n) is 10.5. The van der Waals surface area contributed by atoms with E-state index < -0.39 is 0 Å². The summed E-state index contributed by atoms with van der Waals surface area (Å²) in [6.45, 7) is 2.11. The number of hydrogen-bond donors (Lipinski definition) is 1. The van der Waals surface area contributed by atoms with Crippen LogP contribution in [0.15, 0.2) is 42.6 Å². The molecule has 1 fully saturated rings. The highest BCUT2D eigenvalue weighted by molar-refractivity contribution is 7.99. The Hall–Kier alpha value is -1.59. The molecule has 1 atom stereocenters. The van der Waals surface area contributed by atoms with E-state index in [9.17, 15) is 0 Å². The van der Waals surface area contributed by atoms with Gasteiger partial charge in [-0.05, 0) is 23.8 Å². The van der Waals surface area contributed by atoms with Crippen LogP contribution in [0, 0.1) is 0 Å². The van der Waals surface area contributed by atoms with Gasteiger partial charge in [0.2, 0.25) is 5.88 Å². The predicted octanol–water partition coefficient (Wildman–Crippen LogP) is 2.65. The maximum absolute atomic E-state index is 5.71. The van der Waals surface area contributed by atoms with Crippen LogP contribution in [-0.4, -0.2) is 29.0 Å². The highest BCUT2D eigenvalue weighted by Crippen LogP contribution is 2.32. The molecule has 0 aliphatic carbocycles. The fraction of sp³-hybridized carbons (Fsp3) is 0.286. The summed E-state index contributed by atoms with van der Waals surface area (Å²) >= 11 is 1.99. The first-order valence-electron chi connectivity index (χ1n) is 6.30. The first-order valence-corrected chi connectivity index (χ1v) is 7.34. The number of nitrogens with one attached hydrogen (secondary N) is 1. The number of nitrogens with zero attached hydrogens (tertiary/aromatic N) is 2. The smallest absolute Gasteiger partial charge is 0.238 e. The van der Waals surface area contributed by atoms with E-state index in [1.54, 1.807) is 12.3 Å². The van der Waals surface area contributed by atoms with E-state index in [-0.39, 0.29) is 0 Å². The van der Waals surface area contributed by atoms with Crippen molar-refractivity contribution in [3.63, 3.8) is 0 Å². The molecule has 5 heteroatoms. The van der Waals surface area contributed by atoms with Gasteiger partial charge in [-0.3, -0.25) is 0 Å². The van der Waals surface area contributed by atoms with E-state index in [0.717, 1.165) is 24.6 Å². The van der Waals surface area contributed by atoms with Crippen molar-refractivity contribution in [2.45, 2.75) is 5.25 Å². The number of thioether (sulfide) groups is 1. The van der Waals surface area contributed by atoms with Gasteiger partial charge in [-0.2, -0.15) is 16.9 Å². The third kappa shape index (κ3) is 3.24. The molecule has 1 aromatic carbocycles. The van der Waals surface area contributed by atoms with E-state index in [1.807, 2.05) is 30.0 Å². The maximum atomic E-state index is 5.71. The van der Waals surface area contributed by atoms with E-state index in [0.29, 0.717) is 11.1 Å². The van der Waals surface area contributed by atoms with Gasteiger partial charge in [0.1, 0.15) is 5.75 Å². The average molecular weight is 273 g/mol. The highest BCUT2D eigenvalue weighted by Gasteiger charge is 2.16. The molecule has 1 aromatic heterocycles. The fourth-order valence-electron chi connectivity index (χ4n) is 2.02. The Balaban J connectivity index is 1.76. The molecule has 1 aliphatic rings. The van der Waals surface area contributed by atoms with Gasteiger partial charge >= 0.3 is 0 Å². The molecule has 4 nitrogen and oxygen atoms in total. The van der Waals surface area contributed by atoms with Gasteiger partial charge in [-0.25, -0.2) is 0 Å². The molecular weight excluding hydrogens is 258 g/mol. The molecule has 98 valence electrons. The minimum Gasteiger partial charge on any atom is -0.438 e. The summed E-state index contributed by atoms with van der Waals surface area (Å²) in [6.07, 6.45) is 1.63.